The first-order chi connectivity index (χ1) is 8.27. The van der Waals surface area contributed by atoms with Crippen LogP contribution in [0.3, 0.4) is 0 Å². The van der Waals surface area contributed by atoms with Crippen molar-refractivity contribution in [3.8, 4) is 0 Å². The molecular weight excluding hydrogens is 220 g/mol. The molecule has 0 saturated heterocycles. The number of benzene rings is 1. The second-order valence-electron chi connectivity index (χ2n) is 3.79. The lowest BCUT2D eigenvalue weighted by atomic mass is 10.1. The van der Waals surface area contributed by atoms with Gasteiger partial charge in [-0.3, -0.25) is 4.90 Å². The standard InChI is InChI=1S/C12H14N2O3/c1-17-12(15)14-8-4-6-10(13-16)9-5-2-3-7-11(9)14/h2-3,5,7,16H,4,6,8H2,1H3/b13-10-. The maximum atomic E-state index is 11.7. The Labute approximate surface area is 99.3 Å². The lowest BCUT2D eigenvalue weighted by Gasteiger charge is -2.20. The predicted molar refractivity (Wildman–Crippen MR) is 63.8 cm³/mol. The number of carbonyl (C=O) groups excluding carboxylic acids is 1. The number of methoxy groups -OCH3 is 1. The Morgan fingerprint density at radius 3 is 2.94 bits per heavy atom. The molecule has 1 amide bonds. The van der Waals surface area contributed by atoms with Crippen LogP contribution in [0.4, 0.5) is 10.5 Å². The molecule has 0 atom stereocenters. The smallest absolute Gasteiger partial charge is 0.414 e. The zero-order valence-corrected chi connectivity index (χ0v) is 9.59. The number of rotatable bonds is 0. The quantitative estimate of drug-likeness (QED) is 0.553. The van der Waals surface area contributed by atoms with Crippen LogP contribution in [0.2, 0.25) is 0 Å². The molecule has 1 N–H and O–H groups in total. The summed E-state index contributed by atoms with van der Waals surface area (Å²) in [5.74, 6) is 0. The molecule has 0 unspecified atom stereocenters. The van der Waals surface area contributed by atoms with Crippen LogP contribution in [0.1, 0.15) is 18.4 Å². The van der Waals surface area contributed by atoms with Gasteiger partial charge < -0.3 is 9.94 Å². The first-order valence-corrected chi connectivity index (χ1v) is 5.43. The molecule has 0 fully saturated rings. The van der Waals surface area contributed by atoms with E-state index in [1.165, 1.54) is 7.11 Å². The van der Waals surface area contributed by atoms with Crippen molar-refractivity contribution in [3.63, 3.8) is 0 Å². The van der Waals surface area contributed by atoms with E-state index in [2.05, 4.69) is 5.16 Å². The Morgan fingerprint density at radius 1 is 1.47 bits per heavy atom. The Balaban J connectivity index is 2.50. The molecule has 0 bridgehead atoms. The van der Waals surface area contributed by atoms with Gasteiger partial charge in [-0.15, -0.1) is 0 Å². The summed E-state index contributed by atoms with van der Waals surface area (Å²) in [6.07, 6.45) is 0.987. The number of hydrogen-bond donors (Lipinski definition) is 1. The molecular formula is C12H14N2O3. The summed E-state index contributed by atoms with van der Waals surface area (Å²) in [5, 5.41) is 12.3. The number of nitrogens with zero attached hydrogens (tertiary/aromatic N) is 2. The monoisotopic (exact) mass is 234 g/mol. The average Bonchev–Trinajstić information content (AvgIpc) is 2.57. The van der Waals surface area contributed by atoms with Gasteiger partial charge in [0.15, 0.2) is 0 Å². The summed E-state index contributed by atoms with van der Waals surface area (Å²) < 4.78 is 4.76. The van der Waals surface area contributed by atoms with E-state index in [0.717, 1.165) is 17.7 Å². The number of hydrogen-bond acceptors (Lipinski definition) is 4. The Morgan fingerprint density at radius 2 is 2.24 bits per heavy atom. The summed E-state index contributed by atoms with van der Waals surface area (Å²) in [5.41, 5.74) is 2.11. The van der Waals surface area contributed by atoms with Gasteiger partial charge in [0, 0.05) is 12.1 Å². The molecule has 2 rings (SSSR count). The van der Waals surface area contributed by atoms with Gasteiger partial charge in [-0.25, -0.2) is 4.79 Å². The molecule has 0 radical (unpaired) electrons. The number of carbonyl (C=O) groups is 1. The normalized spacial score (nSPS) is 17.5. The van der Waals surface area contributed by atoms with Crippen LogP contribution in [-0.2, 0) is 4.74 Å². The van der Waals surface area contributed by atoms with Gasteiger partial charge in [-0.2, -0.15) is 0 Å². The number of oxime groups is 1. The highest BCUT2D eigenvalue weighted by atomic mass is 16.5. The van der Waals surface area contributed by atoms with Crippen molar-refractivity contribution in [1.82, 2.24) is 0 Å². The zero-order chi connectivity index (χ0) is 12.3. The van der Waals surface area contributed by atoms with E-state index in [-0.39, 0.29) is 0 Å². The minimum atomic E-state index is -0.392. The van der Waals surface area contributed by atoms with Crippen molar-refractivity contribution >= 4 is 17.5 Å². The molecule has 17 heavy (non-hydrogen) atoms. The zero-order valence-electron chi connectivity index (χ0n) is 9.59. The maximum absolute atomic E-state index is 11.7. The third kappa shape index (κ3) is 2.08. The fourth-order valence-corrected chi connectivity index (χ4v) is 2.02. The van der Waals surface area contributed by atoms with Crippen molar-refractivity contribution in [2.75, 3.05) is 18.6 Å². The molecule has 1 aromatic carbocycles. The molecule has 0 aromatic heterocycles. The predicted octanol–water partition coefficient (Wildman–Crippen LogP) is 2.23. The molecule has 1 aromatic rings. The number of fused-ring (bicyclic) bond motifs is 1. The molecule has 1 aliphatic rings. The largest absolute Gasteiger partial charge is 0.452 e. The molecule has 5 heteroatoms. The molecule has 0 spiro atoms. The van der Waals surface area contributed by atoms with E-state index >= 15 is 0 Å². The maximum Gasteiger partial charge on any atom is 0.414 e. The van der Waals surface area contributed by atoms with Crippen LogP contribution in [-0.4, -0.2) is 30.7 Å². The number of anilines is 1. The Hall–Kier alpha value is -2.04. The number of ether oxygens (including phenoxy) is 1. The summed E-state index contributed by atoms with van der Waals surface area (Å²) >= 11 is 0. The van der Waals surface area contributed by atoms with Gasteiger partial charge in [-0.1, -0.05) is 23.4 Å². The molecule has 90 valence electrons. The van der Waals surface area contributed by atoms with E-state index in [0.29, 0.717) is 18.7 Å². The Bertz CT molecular complexity index is 457. The SMILES string of the molecule is COC(=O)N1CCC/C(=N/O)c2ccccc21. The van der Waals surface area contributed by atoms with Crippen molar-refractivity contribution in [3.05, 3.63) is 29.8 Å². The highest BCUT2D eigenvalue weighted by molar-refractivity contribution is 6.08. The van der Waals surface area contributed by atoms with Crippen molar-refractivity contribution in [2.24, 2.45) is 5.16 Å². The van der Waals surface area contributed by atoms with Gasteiger partial charge in [0.1, 0.15) is 0 Å². The second-order valence-corrected chi connectivity index (χ2v) is 3.79. The molecule has 0 aliphatic carbocycles. The van der Waals surface area contributed by atoms with E-state index in [9.17, 15) is 4.79 Å². The minimum absolute atomic E-state index is 0.392. The molecule has 1 aliphatic heterocycles. The van der Waals surface area contributed by atoms with Gasteiger partial charge in [0.2, 0.25) is 0 Å². The van der Waals surface area contributed by atoms with Gasteiger partial charge in [0.25, 0.3) is 0 Å². The van der Waals surface area contributed by atoms with Crippen LogP contribution in [0.5, 0.6) is 0 Å². The molecule has 0 saturated carbocycles. The summed E-state index contributed by atoms with van der Waals surface area (Å²) in [7, 11) is 1.36. The first-order valence-electron chi connectivity index (χ1n) is 5.43. The van der Waals surface area contributed by atoms with Crippen LogP contribution >= 0.6 is 0 Å². The molecule has 5 nitrogen and oxygen atoms in total. The van der Waals surface area contributed by atoms with Gasteiger partial charge >= 0.3 is 6.09 Å². The summed E-state index contributed by atoms with van der Waals surface area (Å²) in [6.45, 7) is 0.558. The van der Waals surface area contributed by atoms with E-state index < -0.39 is 6.09 Å². The third-order valence-electron chi connectivity index (χ3n) is 2.82. The van der Waals surface area contributed by atoms with Crippen molar-refractivity contribution < 1.29 is 14.7 Å². The highest BCUT2D eigenvalue weighted by Gasteiger charge is 2.24. The van der Waals surface area contributed by atoms with Crippen LogP contribution in [0.25, 0.3) is 0 Å². The van der Waals surface area contributed by atoms with E-state index in [4.69, 9.17) is 9.94 Å². The summed E-state index contributed by atoms with van der Waals surface area (Å²) in [6, 6.07) is 7.36. The van der Waals surface area contributed by atoms with Crippen molar-refractivity contribution in [1.29, 1.82) is 0 Å². The van der Waals surface area contributed by atoms with E-state index in [1.54, 1.807) is 4.90 Å². The summed E-state index contributed by atoms with van der Waals surface area (Å²) in [4.78, 5) is 13.2. The lowest BCUT2D eigenvalue weighted by Crippen LogP contribution is -2.31. The Kier molecular flexibility index (Phi) is 3.27. The number of amides is 1. The van der Waals surface area contributed by atoms with Gasteiger partial charge in [0.05, 0.1) is 18.5 Å². The van der Waals surface area contributed by atoms with Crippen LogP contribution in [0, 0.1) is 0 Å². The number of para-hydroxylation sites is 1. The molecule has 1 heterocycles. The van der Waals surface area contributed by atoms with Crippen LogP contribution in [0.15, 0.2) is 29.4 Å². The van der Waals surface area contributed by atoms with Gasteiger partial charge in [-0.05, 0) is 18.9 Å². The topological polar surface area (TPSA) is 62.1 Å². The first kappa shape index (κ1) is 11.4. The van der Waals surface area contributed by atoms with Crippen LogP contribution < -0.4 is 4.90 Å². The highest BCUT2D eigenvalue weighted by Crippen LogP contribution is 2.26. The fraction of sp³-hybridized carbons (Fsp3) is 0.333. The van der Waals surface area contributed by atoms with Crippen molar-refractivity contribution in [2.45, 2.75) is 12.8 Å². The van der Waals surface area contributed by atoms with E-state index in [1.807, 2.05) is 24.3 Å². The minimum Gasteiger partial charge on any atom is -0.452 e. The fourth-order valence-electron chi connectivity index (χ4n) is 2.02. The average molecular weight is 234 g/mol. The third-order valence-corrected chi connectivity index (χ3v) is 2.82. The lowest BCUT2D eigenvalue weighted by molar-refractivity contribution is 0.178. The second kappa shape index (κ2) is 4.86.